The van der Waals surface area contributed by atoms with Crippen LogP contribution in [0.5, 0.6) is 0 Å². The average Bonchev–Trinajstić information content (AvgIpc) is 3.21. The monoisotopic (exact) mass is 365 g/mol. The highest BCUT2D eigenvalue weighted by atomic mass is 16.5. The van der Waals surface area contributed by atoms with Crippen LogP contribution < -0.4 is 10.6 Å². The number of rotatable bonds is 5. The molecule has 3 rings (SSSR count). The Balaban J connectivity index is 1.44. The molecule has 0 aromatic carbocycles. The van der Waals surface area contributed by atoms with Gasteiger partial charge in [-0.3, -0.25) is 4.99 Å². The van der Waals surface area contributed by atoms with Crippen LogP contribution in [0, 0.1) is 0 Å². The van der Waals surface area contributed by atoms with E-state index in [0.717, 1.165) is 44.6 Å². The van der Waals surface area contributed by atoms with E-state index in [4.69, 9.17) is 4.74 Å². The minimum Gasteiger partial charge on any atom is -0.381 e. The molecule has 26 heavy (non-hydrogen) atoms. The van der Waals surface area contributed by atoms with Crippen LogP contribution in [0.2, 0.25) is 0 Å². The molecule has 0 aromatic heterocycles. The van der Waals surface area contributed by atoms with Crippen molar-refractivity contribution >= 4 is 5.96 Å². The predicted octanol–water partition coefficient (Wildman–Crippen LogP) is 1.67. The molecule has 0 amide bonds. The molecule has 2 heterocycles. The summed E-state index contributed by atoms with van der Waals surface area (Å²) in [6, 6.07) is 1.41. The smallest absolute Gasteiger partial charge is 0.191 e. The SMILES string of the molecule is CN=C(NCC1(N(C)C)CCOCC1)NC1CCN(C2CCCC2)CC1. The molecule has 0 aromatic rings. The molecule has 6 nitrogen and oxygen atoms in total. The Morgan fingerprint density at radius 1 is 1.12 bits per heavy atom. The van der Waals surface area contributed by atoms with Gasteiger partial charge in [0.2, 0.25) is 0 Å². The van der Waals surface area contributed by atoms with Crippen LogP contribution in [0.25, 0.3) is 0 Å². The van der Waals surface area contributed by atoms with Gasteiger partial charge in [-0.2, -0.15) is 0 Å². The van der Waals surface area contributed by atoms with Crippen LogP contribution in [0.1, 0.15) is 51.4 Å². The van der Waals surface area contributed by atoms with Gasteiger partial charge in [0.25, 0.3) is 0 Å². The van der Waals surface area contributed by atoms with E-state index >= 15 is 0 Å². The zero-order valence-electron chi connectivity index (χ0n) is 17.1. The molecule has 0 bridgehead atoms. The zero-order valence-corrected chi connectivity index (χ0v) is 17.1. The molecular formula is C20H39N5O. The summed E-state index contributed by atoms with van der Waals surface area (Å²) in [5.41, 5.74) is 0.168. The molecule has 1 saturated carbocycles. The molecule has 0 unspecified atom stereocenters. The lowest BCUT2D eigenvalue weighted by atomic mass is 9.88. The second-order valence-electron chi connectivity index (χ2n) is 8.55. The standard InChI is InChI=1S/C20H39N5O/c1-21-19(22-16-20(24(2)3)10-14-26-15-11-20)23-17-8-12-25(13-9-17)18-6-4-5-7-18/h17-18H,4-16H2,1-3H3,(H2,21,22,23). The van der Waals surface area contributed by atoms with Gasteiger partial charge >= 0.3 is 0 Å². The number of likely N-dealkylation sites (tertiary alicyclic amines) is 1. The first kappa shape index (κ1) is 19.9. The van der Waals surface area contributed by atoms with Gasteiger partial charge in [-0.1, -0.05) is 12.8 Å². The number of likely N-dealkylation sites (N-methyl/N-ethyl adjacent to an activating group) is 1. The molecule has 3 fully saturated rings. The van der Waals surface area contributed by atoms with E-state index in [2.05, 4.69) is 39.5 Å². The Kier molecular flexibility index (Phi) is 7.18. The van der Waals surface area contributed by atoms with Crippen LogP contribution >= 0.6 is 0 Å². The molecule has 1 aliphatic carbocycles. The highest BCUT2D eigenvalue weighted by molar-refractivity contribution is 5.80. The first-order chi connectivity index (χ1) is 12.6. The van der Waals surface area contributed by atoms with Gasteiger partial charge < -0.3 is 25.2 Å². The first-order valence-corrected chi connectivity index (χ1v) is 10.6. The van der Waals surface area contributed by atoms with Gasteiger partial charge in [0, 0.05) is 57.5 Å². The molecule has 2 saturated heterocycles. The minimum atomic E-state index is 0.168. The number of aliphatic imine (C=N–C) groups is 1. The van der Waals surface area contributed by atoms with Crippen LogP contribution in [0.15, 0.2) is 4.99 Å². The van der Waals surface area contributed by atoms with Crippen LogP contribution in [-0.4, -0.2) is 87.4 Å². The van der Waals surface area contributed by atoms with Crippen molar-refractivity contribution in [2.24, 2.45) is 4.99 Å². The van der Waals surface area contributed by atoms with Crippen LogP contribution in [0.4, 0.5) is 0 Å². The fourth-order valence-corrected chi connectivity index (χ4v) is 4.85. The van der Waals surface area contributed by atoms with Crippen LogP contribution in [-0.2, 0) is 4.74 Å². The molecule has 2 N–H and O–H groups in total. The lowest BCUT2D eigenvalue weighted by Crippen LogP contribution is -2.58. The lowest BCUT2D eigenvalue weighted by Gasteiger charge is -2.43. The third-order valence-corrected chi connectivity index (χ3v) is 6.89. The van der Waals surface area contributed by atoms with Gasteiger partial charge in [0.05, 0.1) is 0 Å². The summed E-state index contributed by atoms with van der Waals surface area (Å²) in [6.45, 7) is 5.09. The van der Waals surface area contributed by atoms with Gasteiger partial charge in [-0.05, 0) is 52.6 Å². The highest BCUT2D eigenvalue weighted by Gasteiger charge is 2.35. The number of hydrogen-bond acceptors (Lipinski definition) is 4. The summed E-state index contributed by atoms with van der Waals surface area (Å²) >= 11 is 0. The maximum Gasteiger partial charge on any atom is 0.191 e. The second kappa shape index (κ2) is 9.38. The molecule has 0 radical (unpaired) electrons. The lowest BCUT2D eigenvalue weighted by molar-refractivity contribution is -0.00504. The molecule has 0 atom stereocenters. The minimum absolute atomic E-state index is 0.168. The molecular weight excluding hydrogens is 326 g/mol. The van der Waals surface area contributed by atoms with Crippen molar-refractivity contribution in [3.8, 4) is 0 Å². The summed E-state index contributed by atoms with van der Waals surface area (Å²) in [7, 11) is 6.25. The molecule has 6 heteroatoms. The first-order valence-electron chi connectivity index (χ1n) is 10.6. The number of piperidine rings is 1. The summed E-state index contributed by atoms with van der Waals surface area (Å²) in [6.07, 6.45) is 10.3. The van der Waals surface area contributed by atoms with E-state index in [-0.39, 0.29) is 5.54 Å². The summed E-state index contributed by atoms with van der Waals surface area (Å²) in [5.74, 6) is 0.956. The average molecular weight is 366 g/mol. The molecule has 3 aliphatic rings. The van der Waals surface area contributed by atoms with E-state index in [1.165, 1.54) is 51.6 Å². The number of guanidine groups is 1. The number of nitrogens with zero attached hydrogens (tertiary/aromatic N) is 3. The van der Waals surface area contributed by atoms with Gasteiger partial charge in [-0.15, -0.1) is 0 Å². The van der Waals surface area contributed by atoms with Crippen molar-refractivity contribution in [3.63, 3.8) is 0 Å². The topological polar surface area (TPSA) is 52.1 Å². The quantitative estimate of drug-likeness (QED) is 0.573. The number of hydrogen-bond donors (Lipinski definition) is 2. The Morgan fingerprint density at radius 3 is 2.35 bits per heavy atom. The second-order valence-corrected chi connectivity index (χ2v) is 8.55. The summed E-state index contributed by atoms with van der Waals surface area (Å²) < 4.78 is 5.58. The van der Waals surface area contributed by atoms with Crippen molar-refractivity contribution < 1.29 is 4.74 Å². The van der Waals surface area contributed by atoms with Crippen molar-refractivity contribution in [3.05, 3.63) is 0 Å². The maximum atomic E-state index is 5.58. The van der Waals surface area contributed by atoms with E-state index in [1.54, 1.807) is 0 Å². The number of ether oxygens (including phenoxy) is 1. The summed E-state index contributed by atoms with van der Waals surface area (Å²) in [4.78, 5) is 9.57. The zero-order chi connectivity index (χ0) is 18.4. The van der Waals surface area contributed by atoms with E-state index < -0.39 is 0 Å². The van der Waals surface area contributed by atoms with Gasteiger partial charge in [0.1, 0.15) is 0 Å². The molecule has 2 aliphatic heterocycles. The van der Waals surface area contributed by atoms with Crippen molar-refractivity contribution in [2.45, 2.75) is 69.0 Å². The Morgan fingerprint density at radius 2 is 1.77 bits per heavy atom. The largest absolute Gasteiger partial charge is 0.381 e. The predicted molar refractivity (Wildman–Crippen MR) is 108 cm³/mol. The van der Waals surface area contributed by atoms with E-state index in [1.807, 2.05) is 7.05 Å². The fourth-order valence-electron chi connectivity index (χ4n) is 4.85. The molecule has 150 valence electrons. The highest BCUT2D eigenvalue weighted by Crippen LogP contribution is 2.26. The van der Waals surface area contributed by atoms with Gasteiger partial charge in [0.15, 0.2) is 5.96 Å². The Hall–Kier alpha value is -0.850. The third kappa shape index (κ3) is 4.90. The number of nitrogens with one attached hydrogen (secondary N) is 2. The maximum absolute atomic E-state index is 5.58. The Bertz CT molecular complexity index is 447. The van der Waals surface area contributed by atoms with E-state index in [9.17, 15) is 0 Å². The van der Waals surface area contributed by atoms with E-state index in [0.29, 0.717) is 6.04 Å². The molecule has 0 spiro atoms. The van der Waals surface area contributed by atoms with Crippen molar-refractivity contribution in [1.82, 2.24) is 20.4 Å². The van der Waals surface area contributed by atoms with Crippen molar-refractivity contribution in [1.29, 1.82) is 0 Å². The van der Waals surface area contributed by atoms with Gasteiger partial charge in [-0.25, -0.2) is 0 Å². The fraction of sp³-hybridized carbons (Fsp3) is 0.950. The van der Waals surface area contributed by atoms with Crippen molar-refractivity contribution in [2.75, 3.05) is 54.0 Å². The normalized spacial score (nSPS) is 26.4. The third-order valence-electron chi connectivity index (χ3n) is 6.89. The Labute approximate surface area is 159 Å². The van der Waals surface area contributed by atoms with Crippen LogP contribution in [0.3, 0.4) is 0 Å². The summed E-state index contributed by atoms with van der Waals surface area (Å²) in [5, 5.41) is 7.28.